The van der Waals surface area contributed by atoms with E-state index in [1.807, 2.05) is 6.07 Å². The van der Waals surface area contributed by atoms with Gasteiger partial charge in [0.25, 0.3) is 0 Å². The highest BCUT2D eigenvalue weighted by molar-refractivity contribution is 7.19. The first-order valence-electron chi connectivity index (χ1n) is 4.43. The van der Waals surface area contributed by atoms with Crippen LogP contribution in [0.1, 0.15) is 17.4 Å². The summed E-state index contributed by atoms with van der Waals surface area (Å²) >= 11 is 1.69. The van der Waals surface area contributed by atoms with Crippen LogP contribution in [0.15, 0.2) is 18.2 Å². The van der Waals surface area contributed by atoms with Crippen LogP contribution < -0.4 is 0 Å². The number of hydrogen-bond donors (Lipinski definition) is 1. The molecular formula is C11H12OS. The van der Waals surface area contributed by atoms with E-state index in [1.165, 1.54) is 15.8 Å². The van der Waals surface area contributed by atoms with Crippen LogP contribution in [0.4, 0.5) is 0 Å². The molecule has 0 aliphatic rings. The van der Waals surface area contributed by atoms with E-state index in [2.05, 4.69) is 19.9 Å². The summed E-state index contributed by atoms with van der Waals surface area (Å²) in [5.41, 5.74) is 1.24. The summed E-state index contributed by atoms with van der Waals surface area (Å²) in [6.45, 7) is 4.21. The van der Waals surface area contributed by atoms with Crippen LogP contribution in [0.25, 0.3) is 10.1 Å². The molecule has 2 rings (SSSR count). The van der Waals surface area contributed by atoms with Crippen molar-refractivity contribution >= 4 is 21.4 Å². The molecule has 0 spiro atoms. The van der Waals surface area contributed by atoms with Gasteiger partial charge in [-0.2, -0.15) is 0 Å². The summed E-state index contributed by atoms with van der Waals surface area (Å²) < 4.78 is 1.02. The average Bonchev–Trinajstić information content (AvgIpc) is 2.56. The summed E-state index contributed by atoms with van der Waals surface area (Å²) in [5.74, 6) is 0.408. The second kappa shape index (κ2) is 3.04. The van der Waals surface area contributed by atoms with E-state index in [1.54, 1.807) is 17.4 Å². The predicted octanol–water partition coefficient (Wildman–Crippen LogP) is 3.48. The molecule has 0 saturated carbocycles. The second-order valence-electron chi connectivity index (χ2n) is 3.21. The van der Waals surface area contributed by atoms with Crippen LogP contribution in [0.2, 0.25) is 0 Å². The van der Waals surface area contributed by atoms with Gasteiger partial charge in [0.2, 0.25) is 0 Å². The fourth-order valence-corrected chi connectivity index (χ4v) is 2.55. The van der Waals surface area contributed by atoms with Crippen molar-refractivity contribution < 1.29 is 5.11 Å². The van der Waals surface area contributed by atoms with E-state index in [-0.39, 0.29) is 0 Å². The molecule has 13 heavy (non-hydrogen) atoms. The molecule has 0 saturated heterocycles. The zero-order valence-electron chi connectivity index (χ0n) is 7.79. The van der Waals surface area contributed by atoms with Gasteiger partial charge < -0.3 is 5.11 Å². The van der Waals surface area contributed by atoms with E-state index in [4.69, 9.17) is 0 Å². The fourth-order valence-electron chi connectivity index (χ4n) is 1.47. The smallest absolute Gasteiger partial charge is 0.133 e. The third-order valence-electron chi connectivity index (χ3n) is 2.28. The highest BCUT2D eigenvalue weighted by Crippen LogP contribution is 2.34. The Balaban J connectivity index is 2.80. The number of thiophene rings is 1. The van der Waals surface area contributed by atoms with Gasteiger partial charge in [0.15, 0.2) is 0 Å². The zero-order valence-corrected chi connectivity index (χ0v) is 8.61. The highest BCUT2D eigenvalue weighted by Gasteiger charge is 2.06. The summed E-state index contributed by atoms with van der Waals surface area (Å²) in [7, 11) is 0. The van der Waals surface area contributed by atoms with Crippen molar-refractivity contribution in [1.29, 1.82) is 0 Å². The van der Waals surface area contributed by atoms with Gasteiger partial charge in [0.05, 0.1) is 4.70 Å². The largest absolute Gasteiger partial charge is 0.506 e. The molecule has 0 bridgehead atoms. The number of phenols is 1. The lowest BCUT2D eigenvalue weighted by molar-refractivity contribution is 0.482. The molecule has 0 radical (unpaired) electrons. The molecule has 1 nitrogen and oxygen atoms in total. The molecule has 2 heteroatoms. The average molecular weight is 192 g/mol. The Morgan fingerprint density at radius 1 is 1.38 bits per heavy atom. The minimum Gasteiger partial charge on any atom is -0.506 e. The Bertz CT molecular complexity index is 404. The van der Waals surface area contributed by atoms with Crippen LogP contribution in [-0.2, 0) is 6.42 Å². The Kier molecular flexibility index (Phi) is 2.00. The maximum absolute atomic E-state index is 9.61. The standard InChI is InChI=1S/C11H12OS/c1-3-8-6-9-7(2)4-5-10(12)11(9)13-8/h4-6,12H,3H2,1-2H3. The second-order valence-corrected chi connectivity index (χ2v) is 4.35. The van der Waals surface area contributed by atoms with Gasteiger partial charge in [0, 0.05) is 4.88 Å². The molecule has 1 aromatic carbocycles. The number of fused-ring (bicyclic) bond motifs is 1. The first kappa shape index (κ1) is 8.57. The first-order valence-corrected chi connectivity index (χ1v) is 5.25. The Labute approximate surface area is 81.6 Å². The van der Waals surface area contributed by atoms with Gasteiger partial charge >= 0.3 is 0 Å². The van der Waals surface area contributed by atoms with Crippen LogP contribution in [0.5, 0.6) is 5.75 Å². The van der Waals surface area contributed by atoms with Crippen molar-refractivity contribution in [2.24, 2.45) is 0 Å². The normalized spacial score (nSPS) is 10.9. The van der Waals surface area contributed by atoms with Gasteiger partial charge in [-0.1, -0.05) is 13.0 Å². The summed E-state index contributed by atoms with van der Waals surface area (Å²) in [5, 5.41) is 10.8. The predicted molar refractivity (Wildman–Crippen MR) is 57.6 cm³/mol. The molecular weight excluding hydrogens is 180 g/mol. The van der Waals surface area contributed by atoms with Crippen molar-refractivity contribution in [3.63, 3.8) is 0 Å². The third-order valence-corrected chi connectivity index (χ3v) is 3.58. The number of rotatable bonds is 1. The van der Waals surface area contributed by atoms with Crippen molar-refractivity contribution in [3.8, 4) is 5.75 Å². The number of aryl methyl sites for hydroxylation is 2. The fraction of sp³-hybridized carbons (Fsp3) is 0.273. The first-order chi connectivity index (χ1) is 6.22. The molecule has 1 heterocycles. The van der Waals surface area contributed by atoms with Crippen molar-refractivity contribution in [2.75, 3.05) is 0 Å². The van der Waals surface area contributed by atoms with Gasteiger partial charge in [-0.25, -0.2) is 0 Å². The van der Waals surface area contributed by atoms with Gasteiger partial charge in [-0.15, -0.1) is 11.3 Å². The molecule has 2 aromatic rings. The number of hydrogen-bond acceptors (Lipinski definition) is 2. The number of phenolic OH excluding ortho intramolecular Hbond substituents is 1. The molecule has 68 valence electrons. The van der Waals surface area contributed by atoms with Crippen LogP contribution in [0.3, 0.4) is 0 Å². The molecule has 0 aliphatic heterocycles. The highest BCUT2D eigenvalue weighted by atomic mass is 32.1. The molecule has 0 amide bonds. The van der Waals surface area contributed by atoms with Crippen LogP contribution in [0, 0.1) is 6.92 Å². The van der Waals surface area contributed by atoms with E-state index in [9.17, 15) is 5.11 Å². The Morgan fingerprint density at radius 2 is 2.15 bits per heavy atom. The summed E-state index contributed by atoms with van der Waals surface area (Å²) in [6.07, 6.45) is 1.04. The topological polar surface area (TPSA) is 20.2 Å². The lowest BCUT2D eigenvalue weighted by Gasteiger charge is -1.96. The van der Waals surface area contributed by atoms with E-state index in [0.717, 1.165) is 11.1 Å². The van der Waals surface area contributed by atoms with Crippen LogP contribution >= 0.6 is 11.3 Å². The Hall–Kier alpha value is -1.02. The minimum absolute atomic E-state index is 0.408. The van der Waals surface area contributed by atoms with Crippen molar-refractivity contribution in [3.05, 3.63) is 28.6 Å². The van der Waals surface area contributed by atoms with Gasteiger partial charge in [-0.3, -0.25) is 0 Å². The minimum atomic E-state index is 0.408. The molecule has 0 unspecified atom stereocenters. The monoisotopic (exact) mass is 192 g/mol. The number of aromatic hydroxyl groups is 1. The zero-order chi connectivity index (χ0) is 9.42. The maximum Gasteiger partial charge on any atom is 0.133 e. The lowest BCUT2D eigenvalue weighted by atomic mass is 10.1. The SMILES string of the molecule is CCc1cc2c(C)ccc(O)c2s1. The van der Waals surface area contributed by atoms with Gasteiger partial charge in [-0.05, 0) is 36.4 Å². The number of benzene rings is 1. The van der Waals surface area contributed by atoms with E-state index in [0.29, 0.717) is 5.75 Å². The van der Waals surface area contributed by atoms with Crippen LogP contribution in [-0.4, -0.2) is 5.11 Å². The summed E-state index contributed by atoms with van der Waals surface area (Å²) in [6, 6.07) is 5.91. The van der Waals surface area contributed by atoms with Crippen molar-refractivity contribution in [2.45, 2.75) is 20.3 Å². The van der Waals surface area contributed by atoms with E-state index < -0.39 is 0 Å². The Morgan fingerprint density at radius 3 is 2.77 bits per heavy atom. The molecule has 0 fully saturated rings. The van der Waals surface area contributed by atoms with Crippen molar-refractivity contribution in [1.82, 2.24) is 0 Å². The quantitative estimate of drug-likeness (QED) is 0.733. The molecule has 1 N–H and O–H groups in total. The van der Waals surface area contributed by atoms with Gasteiger partial charge in [0.1, 0.15) is 5.75 Å². The molecule has 0 atom stereocenters. The lowest BCUT2D eigenvalue weighted by Crippen LogP contribution is -1.72. The molecule has 0 aliphatic carbocycles. The van der Waals surface area contributed by atoms with E-state index >= 15 is 0 Å². The molecule has 1 aromatic heterocycles. The third kappa shape index (κ3) is 1.31. The summed E-state index contributed by atoms with van der Waals surface area (Å²) in [4.78, 5) is 1.33. The maximum atomic E-state index is 9.61.